The largest absolute Gasteiger partial charge is 0.398 e. The lowest BCUT2D eigenvalue weighted by Crippen LogP contribution is -2.57. The molecule has 0 amide bonds. The van der Waals surface area contributed by atoms with Crippen molar-refractivity contribution in [3.05, 3.63) is 24.0 Å². The number of benzene rings is 1. The molecular weight excluding hydrogens is 293 g/mol. The van der Waals surface area contributed by atoms with Crippen molar-refractivity contribution in [3.8, 4) is 0 Å². The molecule has 0 atom stereocenters. The van der Waals surface area contributed by atoms with Crippen LogP contribution in [-0.2, 0) is 10.0 Å². The highest BCUT2D eigenvalue weighted by Gasteiger charge is 2.42. The van der Waals surface area contributed by atoms with Crippen molar-refractivity contribution in [3.63, 3.8) is 0 Å². The summed E-state index contributed by atoms with van der Waals surface area (Å²) in [6.07, 6.45) is 3.04. The second kappa shape index (κ2) is 5.55. The van der Waals surface area contributed by atoms with Crippen LogP contribution >= 0.6 is 0 Å². The van der Waals surface area contributed by atoms with Gasteiger partial charge in [0.25, 0.3) is 0 Å². The Kier molecular flexibility index (Phi) is 4.28. The molecule has 2 rings (SSSR count). The van der Waals surface area contributed by atoms with Crippen LogP contribution in [0.25, 0.3) is 0 Å². The molecule has 21 heavy (non-hydrogen) atoms. The van der Waals surface area contributed by atoms with Gasteiger partial charge in [0.05, 0.1) is 5.69 Å². The molecule has 0 aromatic heterocycles. The lowest BCUT2D eigenvalue weighted by Gasteiger charge is -2.49. The maximum Gasteiger partial charge on any atom is 0.244 e. The zero-order valence-electron chi connectivity index (χ0n) is 12.6. The van der Waals surface area contributed by atoms with Crippen molar-refractivity contribution < 1.29 is 12.8 Å². The molecule has 0 radical (unpaired) electrons. The number of halogens is 1. The van der Waals surface area contributed by atoms with Crippen LogP contribution in [0.1, 0.15) is 19.3 Å². The van der Waals surface area contributed by atoms with Gasteiger partial charge in [0.1, 0.15) is 10.7 Å². The molecule has 1 fully saturated rings. The topological polar surface area (TPSA) is 66.6 Å². The number of hydrogen-bond donors (Lipinski definition) is 1. The first kappa shape index (κ1) is 16.2. The summed E-state index contributed by atoms with van der Waals surface area (Å²) in [6.45, 7) is 0.402. The highest BCUT2D eigenvalue weighted by Crippen LogP contribution is 2.37. The number of nitrogens with zero attached hydrogens (tertiary/aromatic N) is 2. The van der Waals surface area contributed by atoms with Gasteiger partial charge >= 0.3 is 0 Å². The molecule has 0 bridgehead atoms. The monoisotopic (exact) mass is 315 g/mol. The third kappa shape index (κ3) is 2.90. The summed E-state index contributed by atoms with van der Waals surface area (Å²) in [6, 6.07) is 3.37. The molecule has 0 aliphatic heterocycles. The summed E-state index contributed by atoms with van der Waals surface area (Å²) in [4.78, 5) is 2.04. The summed E-state index contributed by atoms with van der Waals surface area (Å²) >= 11 is 0. The number of sulfonamides is 1. The van der Waals surface area contributed by atoms with Gasteiger partial charge in [-0.1, -0.05) is 0 Å². The minimum Gasteiger partial charge on any atom is -0.398 e. The molecule has 7 heteroatoms. The predicted molar refractivity (Wildman–Crippen MR) is 80.9 cm³/mol. The predicted octanol–water partition coefficient (Wildman–Crippen LogP) is 1.51. The molecule has 1 aliphatic rings. The van der Waals surface area contributed by atoms with E-state index in [2.05, 4.69) is 4.90 Å². The smallest absolute Gasteiger partial charge is 0.244 e. The molecule has 2 N–H and O–H groups in total. The number of nitrogens with two attached hydrogens (primary N) is 1. The highest BCUT2D eigenvalue weighted by atomic mass is 32.2. The molecule has 0 saturated heterocycles. The fourth-order valence-electron chi connectivity index (χ4n) is 2.75. The average Bonchev–Trinajstić information content (AvgIpc) is 2.32. The molecule has 5 nitrogen and oxygen atoms in total. The van der Waals surface area contributed by atoms with E-state index < -0.39 is 15.8 Å². The van der Waals surface area contributed by atoms with Crippen molar-refractivity contribution in [2.45, 2.75) is 29.7 Å². The minimum absolute atomic E-state index is 0.0420. The summed E-state index contributed by atoms with van der Waals surface area (Å²) in [5.74, 6) is -0.544. The number of nitrogen functional groups attached to an aromatic ring is 1. The summed E-state index contributed by atoms with van der Waals surface area (Å²) < 4.78 is 39.6. The van der Waals surface area contributed by atoms with Gasteiger partial charge in [-0.2, -0.15) is 4.31 Å². The Hall–Kier alpha value is -1.18. The van der Waals surface area contributed by atoms with Gasteiger partial charge in [-0.05, 0) is 51.6 Å². The van der Waals surface area contributed by atoms with E-state index in [4.69, 9.17) is 5.73 Å². The minimum atomic E-state index is -3.71. The van der Waals surface area contributed by atoms with Gasteiger partial charge < -0.3 is 10.6 Å². The molecule has 0 heterocycles. The van der Waals surface area contributed by atoms with E-state index in [0.29, 0.717) is 6.54 Å². The lowest BCUT2D eigenvalue weighted by molar-refractivity contribution is 0.0455. The number of hydrogen-bond acceptors (Lipinski definition) is 4. The molecule has 1 aliphatic carbocycles. The Labute approximate surface area is 125 Å². The Bertz CT molecular complexity index is 627. The van der Waals surface area contributed by atoms with Crippen LogP contribution in [0.4, 0.5) is 10.1 Å². The quantitative estimate of drug-likeness (QED) is 0.837. The van der Waals surface area contributed by atoms with Gasteiger partial charge in [0, 0.05) is 19.1 Å². The van der Waals surface area contributed by atoms with E-state index in [1.54, 1.807) is 7.05 Å². The molecule has 1 saturated carbocycles. The first-order chi connectivity index (χ1) is 9.69. The Balaban J connectivity index is 2.27. The van der Waals surface area contributed by atoms with Crippen LogP contribution in [0.2, 0.25) is 0 Å². The molecule has 118 valence electrons. The van der Waals surface area contributed by atoms with Crippen molar-refractivity contribution in [1.82, 2.24) is 9.21 Å². The second-order valence-corrected chi connectivity index (χ2v) is 7.93. The van der Waals surface area contributed by atoms with Crippen LogP contribution in [0.3, 0.4) is 0 Å². The third-order valence-corrected chi connectivity index (χ3v) is 6.29. The van der Waals surface area contributed by atoms with Crippen LogP contribution in [0.5, 0.6) is 0 Å². The van der Waals surface area contributed by atoms with Gasteiger partial charge in [-0.3, -0.25) is 0 Å². The second-order valence-electron chi connectivity index (χ2n) is 5.92. The van der Waals surface area contributed by atoms with Crippen LogP contribution in [0.15, 0.2) is 23.1 Å². The standard InChI is InChI=1S/C14H22FN3O2S/c1-17(2)14(7-4-8-14)10-18(3)21(19,20)13-6-5-11(15)9-12(13)16/h5-6,9H,4,7-8,10,16H2,1-3H3. The van der Waals surface area contributed by atoms with Gasteiger partial charge in [0.15, 0.2) is 0 Å². The zero-order valence-corrected chi connectivity index (χ0v) is 13.5. The first-order valence-corrected chi connectivity index (χ1v) is 8.32. The summed E-state index contributed by atoms with van der Waals surface area (Å²) in [5, 5.41) is 0. The molecular formula is C14H22FN3O2S. The molecule has 0 spiro atoms. The van der Waals surface area contributed by atoms with Gasteiger partial charge in [-0.25, -0.2) is 12.8 Å². The zero-order chi connectivity index (χ0) is 15.8. The van der Waals surface area contributed by atoms with Crippen molar-refractivity contribution in [2.75, 3.05) is 33.4 Å². The average molecular weight is 315 g/mol. The van der Waals surface area contributed by atoms with Crippen molar-refractivity contribution >= 4 is 15.7 Å². The third-order valence-electron chi connectivity index (χ3n) is 4.41. The number of rotatable bonds is 5. The molecule has 1 aromatic rings. The molecule has 1 aromatic carbocycles. The van der Waals surface area contributed by atoms with E-state index in [9.17, 15) is 12.8 Å². The van der Waals surface area contributed by atoms with Crippen molar-refractivity contribution in [2.24, 2.45) is 0 Å². The van der Waals surface area contributed by atoms with Crippen LogP contribution in [0, 0.1) is 5.82 Å². The molecule has 0 unspecified atom stereocenters. The fraction of sp³-hybridized carbons (Fsp3) is 0.571. The number of anilines is 1. The fourth-order valence-corrected chi connectivity index (χ4v) is 4.10. The normalized spacial score (nSPS) is 18.0. The van der Waals surface area contributed by atoms with E-state index >= 15 is 0 Å². The summed E-state index contributed by atoms with van der Waals surface area (Å²) in [7, 11) is 1.76. The van der Waals surface area contributed by atoms with Crippen LogP contribution < -0.4 is 5.73 Å². The lowest BCUT2D eigenvalue weighted by atomic mass is 9.75. The van der Waals surface area contributed by atoms with Gasteiger partial charge in [-0.15, -0.1) is 0 Å². The maximum absolute atomic E-state index is 13.1. The van der Waals surface area contributed by atoms with E-state index in [0.717, 1.165) is 31.4 Å². The van der Waals surface area contributed by atoms with Crippen molar-refractivity contribution in [1.29, 1.82) is 0 Å². The number of likely N-dealkylation sites (N-methyl/N-ethyl adjacent to an activating group) is 2. The van der Waals surface area contributed by atoms with Crippen LogP contribution in [-0.4, -0.2) is 50.8 Å². The first-order valence-electron chi connectivity index (χ1n) is 6.88. The summed E-state index contributed by atoms with van der Waals surface area (Å²) in [5.41, 5.74) is 5.48. The highest BCUT2D eigenvalue weighted by molar-refractivity contribution is 7.89. The van der Waals surface area contributed by atoms with E-state index in [-0.39, 0.29) is 16.1 Å². The van der Waals surface area contributed by atoms with Gasteiger partial charge in [0.2, 0.25) is 10.0 Å². The van der Waals surface area contributed by atoms with E-state index in [1.165, 1.54) is 10.4 Å². The Morgan fingerprint density at radius 3 is 2.33 bits per heavy atom. The Morgan fingerprint density at radius 1 is 1.29 bits per heavy atom. The Morgan fingerprint density at radius 2 is 1.90 bits per heavy atom. The van der Waals surface area contributed by atoms with E-state index in [1.807, 2.05) is 14.1 Å². The SMILES string of the molecule is CN(C)C1(CN(C)S(=O)(=O)c2ccc(F)cc2N)CCC1. The maximum atomic E-state index is 13.1.